The third-order valence-electron chi connectivity index (χ3n) is 15.2. The van der Waals surface area contributed by atoms with E-state index in [0.29, 0.717) is 89.7 Å². The fourth-order valence-electron chi connectivity index (χ4n) is 10.4. The third kappa shape index (κ3) is 15.1. The van der Waals surface area contributed by atoms with Gasteiger partial charge < -0.3 is 54.7 Å². The first-order valence-corrected chi connectivity index (χ1v) is 30.0. The van der Waals surface area contributed by atoms with Crippen molar-refractivity contribution in [1.82, 2.24) is 44.9 Å². The van der Waals surface area contributed by atoms with E-state index in [2.05, 4.69) is 44.9 Å². The maximum Gasteiger partial charge on any atom is 0.337 e. The van der Waals surface area contributed by atoms with Crippen LogP contribution in [-0.2, 0) is 20.8 Å². The van der Waals surface area contributed by atoms with Gasteiger partial charge in [0.05, 0.1) is 85.1 Å². The lowest BCUT2D eigenvalue weighted by Crippen LogP contribution is -2.04. The molecule has 23 nitrogen and oxygen atoms in total. The average molecular weight is 1310 g/mol. The largest absolute Gasteiger partial charge is 0.507 e. The Morgan fingerprint density at radius 1 is 0.337 bits per heavy atom. The first kappa shape index (κ1) is 67.9. The molecule has 0 saturated heterocycles. The average Bonchev–Trinajstić information content (AvgIpc) is 0.792. The van der Waals surface area contributed by atoms with Crippen molar-refractivity contribution in [3.05, 3.63) is 226 Å². The Labute approximate surface area is 561 Å². The lowest BCUT2D eigenvalue weighted by molar-refractivity contribution is 0.0592. The minimum absolute atomic E-state index is 0.0290. The Morgan fingerprint density at radius 2 is 0.663 bits per heavy atom. The first-order chi connectivity index (χ1) is 47.2. The van der Waals surface area contributed by atoms with Gasteiger partial charge in [0.15, 0.2) is 52.4 Å². The number of aliphatic hydroxyl groups is 1. The number of phenols is 6. The van der Waals surface area contributed by atoms with E-state index < -0.39 is 24.5 Å². The lowest BCUT2D eigenvalue weighted by atomic mass is 10.0. The molecular weight excluding hydrogens is 1250 g/mol. The Balaban J connectivity index is 0.000000159. The molecule has 0 unspecified atom stereocenters. The summed E-state index contributed by atoms with van der Waals surface area (Å²) < 4.78 is 19.4. The number of benzene rings is 9. The van der Waals surface area contributed by atoms with Crippen LogP contribution in [0.3, 0.4) is 0 Å². The minimum Gasteiger partial charge on any atom is -0.507 e. The summed E-state index contributed by atoms with van der Waals surface area (Å²) in [7, 11) is 5.39. The summed E-state index contributed by atoms with van der Waals surface area (Å²) in [5.74, 6) is 1.21. The number of rotatable bonds is 14. The summed E-state index contributed by atoms with van der Waals surface area (Å²) in [6, 6.07) is 50.1. The highest BCUT2D eigenvalue weighted by molar-refractivity contribution is 5.91. The van der Waals surface area contributed by atoms with E-state index in [-0.39, 0.29) is 80.8 Å². The number of aryl methyl sites for hydroxylation is 4. The van der Waals surface area contributed by atoms with E-state index >= 15 is 0 Å². The van der Waals surface area contributed by atoms with E-state index in [1.165, 1.54) is 40.6 Å². The summed E-state index contributed by atoms with van der Waals surface area (Å²) in [5, 5.41) is 73.0. The number of hydrogen-bond donors (Lipinski definition) is 7. The van der Waals surface area contributed by atoms with Crippen molar-refractivity contribution in [3.8, 4) is 143 Å². The van der Waals surface area contributed by atoms with Crippen LogP contribution in [0.1, 0.15) is 58.9 Å². The molecular formula is C75H63N9O14. The molecule has 3 aromatic heterocycles. The van der Waals surface area contributed by atoms with Crippen molar-refractivity contribution < 1.29 is 69.1 Å². The number of aromatic nitrogens is 9. The van der Waals surface area contributed by atoms with Crippen LogP contribution in [0.4, 0.5) is 0 Å². The summed E-state index contributed by atoms with van der Waals surface area (Å²) in [6.07, 6.45) is 0. The van der Waals surface area contributed by atoms with Crippen molar-refractivity contribution in [3.63, 3.8) is 0 Å². The van der Waals surface area contributed by atoms with E-state index in [9.17, 15) is 50.1 Å². The molecule has 0 aliphatic carbocycles. The topological polar surface area (TPSA) is 346 Å². The first-order valence-electron chi connectivity index (χ1n) is 30.0. The second-order valence-corrected chi connectivity index (χ2v) is 22.0. The van der Waals surface area contributed by atoms with Crippen molar-refractivity contribution in [2.45, 2.75) is 34.3 Å². The minimum atomic E-state index is -0.478. The normalized spacial score (nSPS) is 10.7. The Morgan fingerprint density at radius 3 is 1.03 bits per heavy atom. The second-order valence-electron chi connectivity index (χ2n) is 22.0. The van der Waals surface area contributed by atoms with Gasteiger partial charge in [-0.1, -0.05) is 84.9 Å². The third-order valence-corrected chi connectivity index (χ3v) is 15.2. The van der Waals surface area contributed by atoms with Gasteiger partial charge in [0.2, 0.25) is 0 Å². The van der Waals surface area contributed by atoms with Crippen LogP contribution in [0.2, 0.25) is 0 Å². The van der Waals surface area contributed by atoms with Crippen LogP contribution in [0.15, 0.2) is 182 Å². The highest BCUT2D eigenvalue weighted by atomic mass is 16.5. The quantitative estimate of drug-likeness (QED) is 0.0393. The van der Waals surface area contributed by atoms with Crippen LogP contribution < -0.4 is 4.74 Å². The Hall–Kier alpha value is -13.0. The second kappa shape index (κ2) is 29.9. The van der Waals surface area contributed by atoms with Gasteiger partial charge in [-0.25, -0.2) is 59.2 Å². The van der Waals surface area contributed by atoms with Gasteiger partial charge in [-0.3, -0.25) is 0 Å². The van der Waals surface area contributed by atoms with Gasteiger partial charge in [-0.15, -0.1) is 0 Å². The molecule has 0 fully saturated rings. The van der Waals surface area contributed by atoms with E-state index in [0.717, 1.165) is 16.7 Å². The highest BCUT2D eigenvalue weighted by Gasteiger charge is 2.24. The SMILES string of the molecule is COC(=O)c1ccc(-c2nc(-c3ccccc3O)nc(-c3c(C)cc(C)cc3O)n2)cc1.COC(=O)c1ccc(-c2nc(-c3ccccc3O)nc(-c3c(O)cc(OC)cc3CO)n2)cc1.COC(=O)c1ccc(-c2nc(-c3ccccc3O)nc(-c3cc(C)cc(C)c3O)n2)cc1. The number of carbonyl (C=O) groups is 3. The monoisotopic (exact) mass is 1310 g/mol. The maximum absolute atomic E-state index is 11.8. The van der Waals surface area contributed by atoms with Crippen LogP contribution >= 0.6 is 0 Å². The van der Waals surface area contributed by atoms with Gasteiger partial charge in [0.1, 0.15) is 40.2 Å². The Kier molecular flexibility index (Phi) is 20.7. The van der Waals surface area contributed by atoms with Crippen LogP contribution in [0.25, 0.3) is 102 Å². The molecule has 3 heterocycles. The van der Waals surface area contributed by atoms with Gasteiger partial charge in [-0.05, 0) is 147 Å². The van der Waals surface area contributed by atoms with Gasteiger partial charge in [0, 0.05) is 22.8 Å². The van der Waals surface area contributed by atoms with Crippen LogP contribution in [0, 0.1) is 27.7 Å². The number of esters is 3. The molecule has 0 bridgehead atoms. The Bertz CT molecular complexity index is 4950. The molecule has 0 saturated carbocycles. The van der Waals surface area contributed by atoms with E-state index in [1.54, 1.807) is 158 Å². The number of nitrogens with zero attached hydrogens (tertiary/aromatic N) is 9. The van der Waals surface area contributed by atoms with Gasteiger partial charge in [-0.2, -0.15) is 0 Å². The molecule has 0 radical (unpaired) electrons. The van der Waals surface area contributed by atoms with Crippen molar-refractivity contribution in [2.75, 3.05) is 28.4 Å². The van der Waals surface area contributed by atoms with Crippen LogP contribution in [0.5, 0.6) is 40.2 Å². The van der Waals surface area contributed by atoms with Crippen LogP contribution in [-0.4, -0.2) is 127 Å². The molecule has 0 atom stereocenters. The molecule has 492 valence electrons. The fourth-order valence-corrected chi connectivity index (χ4v) is 10.4. The zero-order chi connectivity index (χ0) is 69.9. The number of carbonyl (C=O) groups excluding carboxylic acids is 3. The predicted octanol–water partition coefficient (Wildman–Crippen LogP) is 12.9. The maximum atomic E-state index is 11.8. The van der Waals surface area contributed by atoms with Gasteiger partial charge >= 0.3 is 17.9 Å². The summed E-state index contributed by atoms with van der Waals surface area (Å²) in [5.41, 5.74) is 9.12. The standard InChI is InChI=1S/C25H21N3O6.2C25H21N3O4/c1-33-17-11-16(13-29)21(20(31)12-17)24-27-22(14-7-9-15(10-8-14)25(32)34-2)26-23(28-24)18-5-3-4-6-19(18)30;1-14-12-15(2)21(30)19(13-14)24-27-22(16-8-10-17(11-9-16)25(31)32-3)26-23(28-24)18-6-4-5-7-20(18)29;1-14-12-15(2)21(20(30)13-14)24-27-22(16-8-10-17(11-9-16)25(31)32-3)26-23(28-24)18-6-4-5-7-19(18)29/h3-12,29-31H,13H2,1-2H3;2*4-13,29-30H,1-3H3. The fraction of sp³-hybridized carbons (Fsp3) is 0.120. The van der Waals surface area contributed by atoms with E-state index in [4.69, 9.17) is 18.9 Å². The molecule has 0 aliphatic heterocycles. The molecule has 12 aromatic rings. The number of ether oxygens (including phenoxy) is 4. The molecule has 23 heteroatoms. The molecule has 0 spiro atoms. The molecule has 12 rings (SSSR count). The number of hydrogen-bond acceptors (Lipinski definition) is 23. The van der Waals surface area contributed by atoms with E-state index in [1.807, 2.05) is 39.8 Å². The zero-order valence-electron chi connectivity index (χ0n) is 54.0. The number of methoxy groups -OCH3 is 4. The molecule has 7 N–H and O–H groups in total. The molecule has 0 aliphatic rings. The van der Waals surface area contributed by atoms with Crippen molar-refractivity contribution in [2.24, 2.45) is 0 Å². The van der Waals surface area contributed by atoms with Crippen molar-refractivity contribution in [1.29, 1.82) is 0 Å². The highest BCUT2D eigenvalue weighted by Crippen LogP contribution is 2.40. The number of para-hydroxylation sites is 3. The summed E-state index contributed by atoms with van der Waals surface area (Å²) in [4.78, 5) is 76.2. The molecule has 9 aromatic carbocycles. The van der Waals surface area contributed by atoms with Crippen molar-refractivity contribution >= 4 is 17.9 Å². The molecule has 0 amide bonds. The summed E-state index contributed by atoms with van der Waals surface area (Å²) in [6.45, 7) is 7.10. The number of aliphatic hydroxyl groups excluding tert-OH is 1. The number of phenolic OH excluding ortho intramolecular Hbond substituents is 6. The molecule has 98 heavy (non-hydrogen) atoms. The van der Waals surface area contributed by atoms with Gasteiger partial charge in [0.25, 0.3) is 0 Å². The predicted molar refractivity (Wildman–Crippen MR) is 364 cm³/mol. The number of aromatic hydroxyl groups is 6. The summed E-state index contributed by atoms with van der Waals surface area (Å²) >= 11 is 0. The smallest absolute Gasteiger partial charge is 0.337 e. The zero-order valence-corrected chi connectivity index (χ0v) is 54.0. The lowest BCUT2D eigenvalue weighted by Gasteiger charge is -2.14.